The van der Waals surface area contributed by atoms with Crippen molar-refractivity contribution in [2.75, 3.05) is 6.61 Å². The fraction of sp³-hybridized carbons (Fsp3) is 0.800. The first-order chi connectivity index (χ1) is 11.5. The third kappa shape index (κ3) is 11.9. The second-order valence-corrected chi connectivity index (χ2v) is 7.48. The summed E-state index contributed by atoms with van der Waals surface area (Å²) in [5.41, 5.74) is -0.220. The Bertz CT molecular complexity index is 422. The summed E-state index contributed by atoms with van der Waals surface area (Å²) in [5, 5.41) is 26.8. The first-order valence-corrected chi connectivity index (χ1v) is 9.28. The van der Waals surface area contributed by atoms with E-state index in [9.17, 15) is 14.7 Å². The Hall–Kier alpha value is -1.20. The van der Waals surface area contributed by atoms with Gasteiger partial charge in [-0.1, -0.05) is 54.9 Å². The molecule has 0 spiro atoms. The molecule has 0 aromatic carbocycles. The molecule has 1 aliphatic rings. The Balaban J connectivity index is 0. The molecule has 0 aromatic rings. The van der Waals surface area contributed by atoms with Crippen LogP contribution in [0, 0.1) is 17.8 Å². The predicted molar refractivity (Wildman–Crippen MR) is 101 cm³/mol. The molecule has 1 atom stereocenters. The Kier molecular flexibility index (Phi) is 14.6. The molecule has 5 nitrogen and oxygen atoms in total. The highest BCUT2D eigenvalue weighted by Gasteiger charge is 2.37. The summed E-state index contributed by atoms with van der Waals surface area (Å²) in [4.78, 5) is 22.3. The lowest BCUT2D eigenvalue weighted by Gasteiger charge is -2.05. The molecule has 0 heterocycles. The van der Waals surface area contributed by atoms with Crippen molar-refractivity contribution in [1.82, 2.24) is 0 Å². The summed E-state index contributed by atoms with van der Waals surface area (Å²) >= 11 is 0. The van der Waals surface area contributed by atoms with Crippen LogP contribution >= 0.6 is 0 Å². The minimum absolute atomic E-state index is 0.203. The number of Topliss-reactive ketones (excluding diaryl/α,β-unsaturated/α-hetero) is 2. The van der Waals surface area contributed by atoms with Crippen LogP contribution in [-0.4, -0.2) is 39.6 Å². The van der Waals surface area contributed by atoms with E-state index in [-0.39, 0.29) is 23.7 Å². The third-order valence-corrected chi connectivity index (χ3v) is 3.77. The van der Waals surface area contributed by atoms with Crippen molar-refractivity contribution in [3.63, 3.8) is 0 Å². The highest BCUT2D eigenvalue weighted by molar-refractivity contribution is 6.27. The van der Waals surface area contributed by atoms with Crippen molar-refractivity contribution in [2.24, 2.45) is 17.8 Å². The largest absolute Gasteiger partial charge is 0.511 e. The molecule has 0 amide bonds. The molecule has 0 radical (unpaired) electrons. The predicted octanol–water partition coefficient (Wildman–Crippen LogP) is 3.82. The van der Waals surface area contributed by atoms with Crippen molar-refractivity contribution in [1.29, 1.82) is 0 Å². The van der Waals surface area contributed by atoms with Crippen LogP contribution in [0.25, 0.3) is 0 Å². The molecule has 0 bridgehead atoms. The average Bonchev–Trinajstić information content (AvgIpc) is 2.78. The zero-order valence-electron chi connectivity index (χ0n) is 17.0. The first-order valence-electron chi connectivity index (χ1n) is 9.28. The molecule has 148 valence electrons. The monoisotopic (exact) mass is 358 g/mol. The summed E-state index contributed by atoms with van der Waals surface area (Å²) < 4.78 is 0. The van der Waals surface area contributed by atoms with Crippen LogP contribution in [0.2, 0.25) is 0 Å². The molecular weight excluding hydrogens is 320 g/mol. The van der Waals surface area contributed by atoms with E-state index in [4.69, 9.17) is 10.2 Å². The Morgan fingerprint density at radius 2 is 1.56 bits per heavy atom. The molecule has 1 rings (SSSR count). The lowest BCUT2D eigenvalue weighted by atomic mass is 10.0. The van der Waals surface area contributed by atoms with Gasteiger partial charge in [-0.05, 0) is 24.7 Å². The molecule has 0 aliphatic heterocycles. The van der Waals surface area contributed by atoms with E-state index in [2.05, 4.69) is 34.6 Å². The molecule has 0 aromatic heterocycles. The van der Waals surface area contributed by atoms with Gasteiger partial charge in [-0.15, -0.1) is 0 Å². The number of hydrogen-bond donors (Lipinski definition) is 3. The quantitative estimate of drug-likeness (QED) is 0.394. The van der Waals surface area contributed by atoms with Gasteiger partial charge in [0.2, 0.25) is 0 Å². The van der Waals surface area contributed by atoms with E-state index >= 15 is 0 Å². The SMILES string of the molecule is CC(C)/C(O)=C1/C(=O)CC(O)C1=O.CC(C)CCCO.CCC(C)C. The van der Waals surface area contributed by atoms with Gasteiger partial charge in [0.1, 0.15) is 17.4 Å². The highest BCUT2D eigenvalue weighted by atomic mass is 16.3. The number of carbonyl (C=O) groups excluding carboxylic acids is 2. The number of aliphatic hydroxyl groups excluding tert-OH is 3. The smallest absolute Gasteiger partial charge is 0.198 e. The van der Waals surface area contributed by atoms with Gasteiger partial charge in [-0.3, -0.25) is 9.59 Å². The lowest BCUT2D eigenvalue weighted by Crippen LogP contribution is -2.15. The second kappa shape index (κ2) is 14.0. The van der Waals surface area contributed by atoms with Crippen LogP contribution in [0.3, 0.4) is 0 Å². The molecule has 3 N–H and O–H groups in total. The molecule has 1 aliphatic carbocycles. The van der Waals surface area contributed by atoms with E-state index in [1.807, 2.05) is 0 Å². The molecule has 5 heteroatoms. The molecule has 25 heavy (non-hydrogen) atoms. The first kappa shape index (κ1) is 26.0. The van der Waals surface area contributed by atoms with Crippen molar-refractivity contribution >= 4 is 11.6 Å². The Morgan fingerprint density at radius 3 is 1.76 bits per heavy atom. The fourth-order valence-corrected chi connectivity index (χ4v) is 1.73. The number of hydrogen-bond acceptors (Lipinski definition) is 5. The van der Waals surface area contributed by atoms with Crippen molar-refractivity contribution in [3.8, 4) is 0 Å². The van der Waals surface area contributed by atoms with Crippen molar-refractivity contribution < 1.29 is 24.9 Å². The summed E-state index contributed by atoms with van der Waals surface area (Å²) in [7, 11) is 0. The van der Waals surface area contributed by atoms with Gasteiger partial charge in [-0.2, -0.15) is 0 Å². The summed E-state index contributed by atoms with van der Waals surface area (Å²) in [6.45, 7) is 14.7. The van der Waals surface area contributed by atoms with Crippen LogP contribution in [0.5, 0.6) is 0 Å². The third-order valence-electron chi connectivity index (χ3n) is 3.77. The van der Waals surface area contributed by atoms with Gasteiger partial charge in [0, 0.05) is 18.9 Å². The van der Waals surface area contributed by atoms with E-state index in [1.165, 1.54) is 6.42 Å². The van der Waals surface area contributed by atoms with Gasteiger partial charge in [0.25, 0.3) is 0 Å². The molecule has 1 saturated carbocycles. The molecule has 1 unspecified atom stereocenters. The fourth-order valence-electron chi connectivity index (χ4n) is 1.73. The van der Waals surface area contributed by atoms with Gasteiger partial charge in [0.15, 0.2) is 11.6 Å². The maximum Gasteiger partial charge on any atom is 0.198 e. The van der Waals surface area contributed by atoms with Crippen molar-refractivity contribution in [3.05, 3.63) is 11.3 Å². The Morgan fingerprint density at radius 1 is 1.08 bits per heavy atom. The van der Waals surface area contributed by atoms with E-state index in [0.717, 1.165) is 24.7 Å². The van der Waals surface area contributed by atoms with E-state index in [1.54, 1.807) is 13.8 Å². The van der Waals surface area contributed by atoms with Gasteiger partial charge < -0.3 is 15.3 Å². The van der Waals surface area contributed by atoms with Crippen LogP contribution in [0.15, 0.2) is 11.3 Å². The van der Waals surface area contributed by atoms with Crippen LogP contribution < -0.4 is 0 Å². The maximum atomic E-state index is 11.2. The number of allylic oxidation sites excluding steroid dienone is 1. The maximum absolute atomic E-state index is 11.2. The molecule has 0 saturated heterocycles. The van der Waals surface area contributed by atoms with Gasteiger partial charge >= 0.3 is 0 Å². The Labute approximate surface area is 153 Å². The lowest BCUT2D eigenvalue weighted by molar-refractivity contribution is -0.121. The number of carbonyl (C=O) groups is 2. The standard InChI is InChI=1S/C9H12O4.C6H14O.C5H12/c1-4(2)8(12)7-5(10)3-6(11)9(7)13;1-6(2)4-3-5-7;1-4-5(2)3/h4,6,11-12H,3H2,1-2H3;6-7H,3-5H2,1-2H3;5H,4H2,1-3H3/b8-7+;;. The van der Waals surface area contributed by atoms with Crippen LogP contribution in [0.1, 0.15) is 74.1 Å². The second-order valence-electron chi connectivity index (χ2n) is 7.48. The summed E-state index contributed by atoms with van der Waals surface area (Å²) in [6, 6.07) is 0. The number of rotatable bonds is 5. The minimum Gasteiger partial charge on any atom is -0.511 e. The van der Waals surface area contributed by atoms with Crippen LogP contribution in [-0.2, 0) is 9.59 Å². The van der Waals surface area contributed by atoms with Gasteiger partial charge in [0.05, 0.1) is 0 Å². The number of ketones is 2. The summed E-state index contributed by atoms with van der Waals surface area (Å²) in [6.07, 6.45) is 1.95. The zero-order chi connectivity index (χ0) is 20.2. The van der Waals surface area contributed by atoms with E-state index in [0.29, 0.717) is 6.61 Å². The average molecular weight is 359 g/mol. The highest BCUT2D eigenvalue weighted by Crippen LogP contribution is 2.23. The minimum atomic E-state index is -1.26. The zero-order valence-corrected chi connectivity index (χ0v) is 17.0. The van der Waals surface area contributed by atoms with Gasteiger partial charge in [-0.25, -0.2) is 0 Å². The van der Waals surface area contributed by atoms with Crippen molar-refractivity contribution in [2.45, 2.75) is 80.3 Å². The normalized spacial score (nSPS) is 19.0. The number of aliphatic hydroxyl groups is 3. The molecular formula is C20H38O5. The van der Waals surface area contributed by atoms with E-state index < -0.39 is 17.7 Å². The summed E-state index contributed by atoms with van der Waals surface area (Å²) in [5.74, 6) is 0.0156. The molecule has 1 fully saturated rings. The van der Waals surface area contributed by atoms with Crippen LogP contribution in [0.4, 0.5) is 0 Å². The topological polar surface area (TPSA) is 94.8 Å².